The van der Waals surface area contributed by atoms with E-state index in [9.17, 15) is 5.11 Å². The van der Waals surface area contributed by atoms with Crippen molar-refractivity contribution in [3.63, 3.8) is 0 Å². The first-order valence-electron chi connectivity index (χ1n) is 4.30. The Morgan fingerprint density at radius 1 is 1.50 bits per heavy atom. The highest BCUT2D eigenvalue weighted by molar-refractivity contribution is 4.93. The lowest BCUT2D eigenvalue weighted by atomic mass is 9.65. The molecule has 1 aliphatic carbocycles. The molecule has 1 aliphatic rings. The Balaban J connectivity index is 2.29. The Labute approximate surface area is 63.4 Å². The van der Waals surface area contributed by atoms with Gasteiger partial charge in [-0.15, -0.1) is 0 Å². The minimum Gasteiger partial charge on any atom is -0.390 e. The zero-order valence-corrected chi connectivity index (χ0v) is 7.22. The summed E-state index contributed by atoms with van der Waals surface area (Å²) in [7, 11) is 0. The summed E-state index contributed by atoms with van der Waals surface area (Å²) in [6.07, 6.45) is 2.98. The fourth-order valence-corrected chi connectivity index (χ4v) is 1.68. The molecular weight excluding hydrogens is 124 g/mol. The van der Waals surface area contributed by atoms with Gasteiger partial charge in [0, 0.05) is 0 Å². The normalized spacial score (nSPS) is 39.9. The van der Waals surface area contributed by atoms with Crippen LogP contribution < -0.4 is 0 Å². The lowest BCUT2D eigenvalue weighted by Crippen LogP contribution is -2.45. The summed E-state index contributed by atoms with van der Waals surface area (Å²) in [5, 5.41) is 9.64. The Morgan fingerprint density at radius 3 is 2.30 bits per heavy atom. The van der Waals surface area contributed by atoms with Crippen molar-refractivity contribution in [2.45, 2.75) is 45.6 Å². The van der Waals surface area contributed by atoms with Crippen LogP contribution in [0, 0.1) is 11.8 Å². The van der Waals surface area contributed by atoms with Crippen molar-refractivity contribution in [1.29, 1.82) is 0 Å². The Bertz CT molecular complexity index is 112. The van der Waals surface area contributed by atoms with Crippen molar-refractivity contribution >= 4 is 0 Å². The lowest BCUT2D eigenvalue weighted by molar-refractivity contribution is -0.0890. The first-order chi connectivity index (χ1) is 4.57. The molecule has 10 heavy (non-hydrogen) atoms. The van der Waals surface area contributed by atoms with Crippen LogP contribution in [0.1, 0.15) is 40.0 Å². The van der Waals surface area contributed by atoms with E-state index in [4.69, 9.17) is 0 Å². The van der Waals surface area contributed by atoms with Gasteiger partial charge in [0.1, 0.15) is 0 Å². The molecule has 0 radical (unpaired) electrons. The van der Waals surface area contributed by atoms with Crippen LogP contribution in [0.4, 0.5) is 0 Å². The average Bonchev–Trinajstić information content (AvgIpc) is 1.80. The fourth-order valence-electron chi connectivity index (χ4n) is 1.68. The maximum Gasteiger partial charge on any atom is 0.0650 e. The SMILES string of the molecule is CCC1(O)CC(C(C)C)C1. The van der Waals surface area contributed by atoms with Crippen LogP contribution in [-0.4, -0.2) is 10.7 Å². The Hall–Kier alpha value is -0.0400. The minimum atomic E-state index is -0.283. The van der Waals surface area contributed by atoms with Crippen molar-refractivity contribution in [3.8, 4) is 0 Å². The molecule has 1 N–H and O–H groups in total. The molecule has 0 bridgehead atoms. The molecule has 0 aliphatic heterocycles. The summed E-state index contributed by atoms with van der Waals surface area (Å²) in [6, 6.07) is 0. The van der Waals surface area contributed by atoms with Gasteiger partial charge in [-0.05, 0) is 31.1 Å². The van der Waals surface area contributed by atoms with E-state index in [0.29, 0.717) is 0 Å². The number of aliphatic hydroxyl groups is 1. The monoisotopic (exact) mass is 142 g/mol. The first kappa shape index (κ1) is 8.06. The molecule has 0 unspecified atom stereocenters. The smallest absolute Gasteiger partial charge is 0.0650 e. The van der Waals surface area contributed by atoms with Gasteiger partial charge in [0.15, 0.2) is 0 Å². The van der Waals surface area contributed by atoms with Gasteiger partial charge >= 0.3 is 0 Å². The van der Waals surface area contributed by atoms with E-state index in [1.807, 2.05) is 0 Å². The number of hydrogen-bond donors (Lipinski definition) is 1. The molecule has 60 valence electrons. The summed E-state index contributed by atoms with van der Waals surface area (Å²) in [4.78, 5) is 0. The quantitative estimate of drug-likeness (QED) is 0.626. The van der Waals surface area contributed by atoms with E-state index in [1.54, 1.807) is 0 Å². The number of rotatable bonds is 2. The van der Waals surface area contributed by atoms with Gasteiger partial charge in [0.25, 0.3) is 0 Å². The van der Waals surface area contributed by atoms with Crippen LogP contribution in [0.15, 0.2) is 0 Å². The standard InChI is InChI=1S/C9H18O/c1-4-9(10)5-8(6-9)7(2)3/h7-8,10H,4-6H2,1-3H3. The third-order valence-corrected chi connectivity index (χ3v) is 2.89. The largest absolute Gasteiger partial charge is 0.390 e. The van der Waals surface area contributed by atoms with Crippen molar-refractivity contribution in [1.82, 2.24) is 0 Å². The predicted molar refractivity (Wildman–Crippen MR) is 42.8 cm³/mol. The molecule has 0 spiro atoms. The van der Waals surface area contributed by atoms with Crippen molar-refractivity contribution in [2.75, 3.05) is 0 Å². The molecule has 1 heteroatoms. The topological polar surface area (TPSA) is 20.2 Å². The van der Waals surface area contributed by atoms with Crippen LogP contribution in [0.2, 0.25) is 0 Å². The van der Waals surface area contributed by atoms with Crippen molar-refractivity contribution < 1.29 is 5.11 Å². The second-order valence-electron chi connectivity index (χ2n) is 3.99. The van der Waals surface area contributed by atoms with Gasteiger partial charge in [-0.1, -0.05) is 20.8 Å². The summed E-state index contributed by atoms with van der Waals surface area (Å²) < 4.78 is 0. The van der Waals surface area contributed by atoms with E-state index in [0.717, 1.165) is 31.1 Å². The minimum absolute atomic E-state index is 0.283. The van der Waals surface area contributed by atoms with Crippen LogP contribution in [-0.2, 0) is 0 Å². The highest BCUT2D eigenvalue weighted by atomic mass is 16.3. The molecule has 0 aromatic rings. The summed E-state index contributed by atoms with van der Waals surface area (Å²) >= 11 is 0. The molecular formula is C9H18O. The van der Waals surface area contributed by atoms with Gasteiger partial charge in [-0.25, -0.2) is 0 Å². The zero-order valence-electron chi connectivity index (χ0n) is 7.22. The van der Waals surface area contributed by atoms with E-state index in [-0.39, 0.29) is 5.60 Å². The predicted octanol–water partition coefficient (Wildman–Crippen LogP) is 2.19. The van der Waals surface area contributed by atoms with Crippen LogP contribution in [0.5, 0.6) is 0 Å². The van der Waals surface area contributed by atoms with Gasteiger partial charge in [-0.3, -0.25) is 0 Å². The molecule has 0 atom stereocenters. The maximum atomic E-state index is 9.64. The van der Waals surface area contributed by atoms with E-state index in [2.05, 4.69) is 20.8 Å². The highest BCUT2D eigenvalue weighted by Crippen LogP contribution is 2.43. The van der Waals surface area contributed by atoms with Crippen molar-refractivity contribution in [3.05, 3.63) is 0 Å². The molecule has 0 aromatic heterocycles. The Kier molecular flexibility index (Phi) is 2.04. The molecule has 0 aromatic carbocycles. The maximum absolute atomic E-state index is 9.64. The molecule has 0 heterocycles. The second kappa shape index (κ2) is 2.54. The van der Waals surface area contributed by atoms with E-state index in [1.165, 1.54) is 0 Å². The third kappa shape index (κ3) is 1.34. The van der Waals surface area contributed by atoms with Crippen LogP contribution >= 0.6 is 0 Å². The van der Waals surface area contributed by atoms with E-state index >= 15 is 0 Å². The Morgan fingerprint density at radius 2 is 2.00 bits per heavy atom. The molecule has 1 rings (SSSR count). The fraction of sp³-hybridized carbons (Fsp3) is 1.00. The summed E-state index contributed by atoms with van der Waals surface area (Å²) in [6.45, 7) is 6.54. The van der Waals surface area contributed by atoms with Gasteiger partial charge in [0.2, 0.25) is 0 Å². The second-order valence-corrected chi connectivity index (χ2v) is 3.99. The first-order valence-corrected chi connectivity index (χ1v) is 4.30. The van der Waals surface area contributed by atoms with Crippen molar-refractivity contribution in [2.24, 2.45) is 11.8 Å². The summed E-state index contributed by atoms with van der Waals surface area (Å²) in [5.74, 6) is 1.54. The van der Waals surface area contributed by atoms with E-state index < -0.39 is 0 Å². The molecule has 1 nitrogen and oxygen atoms in total. The zero-order chi connectivity index (χ0) is 7.78. The molecule has 0 saturated heterocycles. The molecule has 1 fully saturated rings. The van der Waals surface area contributed by atoms with Crippen LogP contribution in [0.25, 0.3) is 0 Å². The number of hydrogen-bond acceptors (Lipinski definition) is 1. The van der Waals surface area contributed by atoms with Gasteiger partial charge in [-0.2, -0.15) is 0 Å². The summed E-state index contributed by atoms with van der Waals surface area (Å²) in [5.41, 5.74) is -0.283. The molecule has 1 saturated carbocycles. The average molecular weight is 142 g/mol. The van der Waals surface area contributed by atoms with Gasteiger partial charge in [0.05, 0.1) is 5.60 Å². The van der Waals surface area contributed by atoms with Gasteiger partial charge < -0.3 is 5.11 Å². The highest BCUT2D eigenvalue weighted by Gasteiger charge is 2.41. The lowest BCUT2D eigenvalue weighted by Gasteiger charge is -2.45. The molecule has 0 amide bonds. The third-order valence-electron chi connectivity index (χ3n) is 2.89. The van der Waals surface area contributed by atoms with Crippen LogP contribution in [0.3, 0.4) is 0 Å².